The van der Waals surface area contributed by atoms with Crippen molar-refractivity contribution in [2.24, 2.45) is 0 Å². The fourth-order valence-corrected chi connectivity index (χ4v) is 2.23. The van der Waals surface area contributed by atoms with Gasteiger partial charge in [0.2, 0.25) is 1.43 Å². The number of rotatable bonds is 6. The third kappa shape index (κ3) is 2.84. The lowest BCUT2D eigenvalue weighted by molar-refractivity contribution is -0.00855. The van der Waals surface area contributed by atoms with Gasteiger partial charge < -0.3 is 5.11 Å². The molecule has 0 atom stereocenters. The Morgan fingerprint density at radius 1 is 1.09 bits per heavy atom. The fourth-order valence-electron chi connectivity index (χ4n) is 2.23. The largest absolute Gasteiger partial charge is 0.381 e. The van der Waals surface area contributed by atoms with Crippen LogP contribution in [-0.4, -0.2) is 36.1 Å². The summed E-state index contributed by atoms with van der Waals surface area (Å²) in [7, 11) is 0. The molecular weight excluding hydrogens is 294 g/mol. The summed E-state index contributed by atoms with van der Waals surface area (Å²) in [4.78, 5) is 7.63. The second-order valence-corrected chi connectivity index (χ2v) is 4.80. The van der Waals surface area contributed by atoms with Gasteiger partial charge in [0.15, 0.2) is 0 Å². The highest BCUT2D eigenvalue weighted by Crippen LogP contribution is 2.28. The maximum absolute atomic E-state index is 14.3. The summed E-state index contributed by atoms with van der Waals surface area (Å²) in [5.41, 5.74) is -1.47. The van der Waals surface area contributed by atoms with Gasteiger partial charge in [0, 0.05) is 11.6 Å². The van der Waals surface area contributed by atoms with Crippen LogP contribution in [0.2, 0.25) is 0 Å². The lowest BCUT2D eigenvalue weighted by Gasteiger charge is -2.28. The van der Waals surface area contributed by atoms with Gasteiger partial charge >= 0.3 is 0 Å². The van der Waals surface area contributed by atoms with Gasteiger partial charge in [-0.3, -0.25) is 0 Å². The van der Waals surface area contributed by atoms with Crippen molar-refractivity contribution >= 4 is 0 Å². The van der Waals surface area contributed by atoms with Gasteiger partial charge in [0.05, 0.1) is 13.1 Å². The molecule has 2 aromatic heterocycles. The first-order valence-electron chi connectivity index (χ1n) is 6.78. The van der Waals surface area contributed by atoms with E-state index in [-0.39, 0.29) is 18.7 Å². The van der Waals surface area contributed by atoms with E-state index in [0.717, 1.165) is 12.1 Å². The number of halogens is 2. The summed E-state index contributed by atoms with van der Waals surface area (Å²) in [6.07, 6.45) is 5.45. The van der Waals surface area contributed by atoms with E-state index in [9.17, 15) is 8.78 Å². The van der Waals surface area contributed by atoms with E-state index < -0.39 is 17.2 Å². The Balaban J connectivity index is 2.06. The van der Waals surface area contributed by atoms with Crippen molar-refractivity contribution in [3.63, 3.8) is 0 Å². The highest BCUT2D eigenvalue weighted by Gasteiger charge is 2.34. The molecule has 0 fully saturated rings. The summed E-state index contributed by atoms with van der Waals surface area (Å²) in [6.45, 7) is -0.0299. The van der Waals surface area contributed by atoms with Crippen molar-refractivity contribution < 1.29 is 13.9 Å². The Hall–Kier alpha value is -2.68. The monoisotopic (exact) mass is 307 g/mol. The Bertz CT molecular complexity index is 729. The van der Waals surface area contributed by atoms with Crippen molar-refractivity contribution in [1.82, 2.24) is 29.5 Å². The third-order valence-electron chi connectivity index (χ3n) is 3.19. The first-order chi connectivity index (χ1) is 11.1. The topological polar surface area (TPSA) is 81.6 Å². The van der Waals surface area contributed by atoms with Crippen LogP contribution in [0.5, 0.6) is 0 Å². The molecule has 9 heteroatoms. The first-order valence-corrected chi connectivity index (χ1v) is 6.38. The van der Waals surface area contributed by atoms with Crippen LogP contribution < -0.4 is 0 Å². The summed E-state index contributed by atoms with van der Waals surface area (Å²) >= 11 is 0. The van der Waals surface area contributed by atoms with Crippen molar-refractivity contribution in [2.45, 2.75) is 18.7 Å². The quantitative estimate of drug-likeness (QED) is 0.726. The average molecular weight is 307 g/mol. The van der Waals surface area contributed by atoms with Crippen LogP contribution in [0.25, 0.3) is 0 Å². The molecule has 3 aromatic rings. The standard InChI is InChI=1S/C13H12F2N6O/c14-10-1-2-11(12(15)3-10)13(22,4-20-8-16-6-18-20)5-21-9-17-7-19-21/h1-3,6-9,22H,4-5H2/i22D. The van der Waals surface area contributed by atoms with Gasteiger partial charge in [-0.25, -0.2) is 28.1 Å². The second kappa shape index (κ2) is 5.60. The summed E-state index contributed by atoms with van der Waals surface area (Å²) in [5.74, 6) is -1.54. The Labute approximate surface area is 125 Å². The minimum Gasteiger partial charge on any atom is -0.381 e. The van der Waals surface area contributed by atoms with Crippen molar-refractivity contribution in [2.75, 3.05) is 0 Å². The lowest BCUT2D eigenvalue weighted by atomic mass is 9.93. The fraction of sp³-hybridized carbons (Fsp3) is 0.231. The molecule has 0 radical (unpaired) electrons. The number of aliphatic hydroxyl groups is 1. The maximum atomic E-state index is 14.3. The predicted molar refractivity (Wildman–Crippen MR) is 70.3 cm³/mol. The zero-order chi connectivity index (χ0) is 16.3. The van der Waals surface area contributed by atoms with Crippen LogP contribution in [0.3, 0.4) is 0 Å². The molecule has 0 unspecified atom stereocenters. The zero-order valence-corrected chi connectivity index (χ0v) is 11.3. The molecule has 1 N–H and O–H groups in total. The molecule has 0 saturated heterocycles. The van der Waals surface area contributed by atoms with E-state index in [1.807, 2.05) is 0 Å². The maximum Gasteiger partial charge on any atom is 0.212 e. The van der Waals surface area contributed by atoms with Gasteiger partial charge in [0.25, 0.3) is 0 Å². The number of hydrogen-bond donors (Lipinski definition) is 1. The number of aromatic nitrogens is 6. The molecule has 0 saturated carbocycles. The molecule has 7 nitrogen and oxygen atoms in total. The van der Waals surface area contributed by atoms with Crippen LogP contribution in [0.4, 0.5) is 8.78 Å². The predicted octanol–water partition coefficient (Wildman–Crippen LogP) is 0.736. The summed E-state index contributed by atoms with van der Waals surface area (Å²) in [6, 6.07) is 3.09. The highest BCUT2D eigenvalue weighted by molar-refractivity contribution is 5.25. The summed E-state index contributed by atoms with van der Waals surface area (Å²) in [5, 5.41) is 12.8. The highest BCUT2D eigenvalue weighted by atomic mass is 19.1. The molecule has 22 heavy (non-hydrogen) atoms. The zero-order valence-electron chi connectivity index (χ0n) is 12.3. The van der Waals surface area contributed by atoms with Crippen molar-refractivity contribution in [3.05, 3.63) is 60.7 Å². The summed E-state index contributed by atoms with van der Waals surface area (Å²) < 4.78 is 37.8. The van der Waals surface area contributed by atoms with E-state index in [2.05, 4.69) is 20.2 Å². The number of benzene rings is 1. The molecule has 0 aliphatic heterocycles. The SMILES string of the molecule is [2H]OC(Cn1cncn1)(Cn1cncn1)c1ccc(F)cc1F. The van der Waals surface area contributed by atoms with Gasteiger partial charge in [-0.2, -0.15) is 10.2 Å². The molecule has 0 amide bonds. The van der Waals surface area contributed by atoms with Crippen molar-refractivity contribution in [1.29, 1.82) is 1.43 Å². The van der Waals surface area contributed by atoms with Gasteiger partial charge in [0.1, 0.15) is 42.5 Å². The molecule has 2 heterocycles. The Morgan fingerprint density at radius 2 is 1.73 bits per heavy atom. The van der Waals surface area contributed by atoms with Crippen LogP contribution in [0.1, 0.15) is 5.56 Å². The van der Waals surface area contributed by atoms with Gasteiger partial charge in [-0.05, 0) is 6.07 Å². The van der Waals surface area contributed by atoms with Crippen LogP contribution in [0.15, 0.2) is 43.5 Å². The Kier molecular flexibility index (Phi) is 3.31. The van der Waals surface area contributed by atoms with Crippen molar-refractivity contribution in [3.8, 4) is 0 Å². The van der Waals surface area contributed by atoms with E-state index in [1.165, 1.54) is 40.7 Å². The number of nitrogens with zero attached hydrogens (tertiary/aromatic N) is 6. The molecule has 0 bridgehead atoms. The molecule has 0 aliphatic carbocycles. The molecule has 114 valence electrons. The normalized spacial score (nSPS) is 12.4. The van der Waals surface area contributed by atoms with Crippen LogP contribution in [-0.2, 0) is 18.7 Å². The van der Waals surface area contributed by atoms with E-state index in [4.69, 9.17) is 6.54 Å². The lowest BCUT2D eigenvalue weighted by Crippen LogP contribution is -2.37. The van der Waals surface area contributed by atoms with Gasteiger partial charge in [-0.15, -0.1) is 0 Å². The van der Waals surface area contributed by atoms with Crippen LogP contribution in [0, 0.1) is 11.6 Å². The Morgan fingerprint density at radius 3 is 2.18 bits per heavy atom. The second-order valence-electron chi connectivity index (χ2n) is 4.80. The minimum atomic E-state index is -1.49. The molecule has 0 spiro atoms. The molecule has 0 aliphatic rings. The third-order valence-corrected chi connectivity index (χ3v) is 3.19. The van der Waals surface area contributed by atoms with E-state index in [1.54, 1.807) is 0 Å². The molecule has 1 aromatic carbocycles. The van der Waals surface area contributed by atoms with Gasteiger partial charge in [-0.1, -0.05) is 6.07 Å². The smallest absolute Gasteiger partial charge is 0.212 e. The van der Waals surface area contributed by atoms with Crippen LogP contribution >= 0.6 is 0 Å². The minimum absolute atomic E-state index is 0.0138. The average Bonchev–Trinajstić information content (AvgIpc) is 3.20. The molecular formula is C13H12F2N6O. The molecule has 3 rings (SSSR count). The van der Waals surface area contributed by atoms with E-state index >= 15 is 0 Å². The van der Waals surface area contributed by atoms with E-state index in [0.29, 0.717) is 0 Å². The first kappa shape index (κ1) is 13.0. The number of hydrogen-bond acceptors (Lipinski definition) is 5.